The third kappa shape index (κ3) is 6.28. The van der Waals surface area contributed by atoms with E-state index < -0.39 is 11.9 Å². The van der Waals surface area contributed by atoms with Gasteiger partial charge < -0.3 is 15.4 Å². The lowest BCUT2D eigenvalue weighted by molar-refractivity contribution is 0.178. The van der Waals surface area contributed by atoms with Gasteiger partial charge in [0, 0.05) is 52.5 Å². The molecule has 3 aromatic rings. The fourth-order valence-electron chi connectivity index (χ4n) is 4.40. The Kier molecular flexibility index (Phi) is 8.92. The van der Waals surface area contributed by atoms with Crippen LogP contribution in [0.1, 0.15) is 50.3 Å². The fourth-order valence-corrected chi connectivity index (χ4v) is 5.47. The first kappa shape index (κ1) is 26.2. The van der Waals surface area contributed by atoms with Crippen molar-refractivity contribution < 1.29 is 9.13 Å². The second kappa shape index (κ2) is 11.9. The Bertz CT molecular complexity index is 1150. The van der Waals surface area contributed by atoms with Gasteiger partial charge in [-0.05, 0) is 57.4 Å². The molecule has 2 N–H and O–H groups in total. The first-order chi connectivity index (χ1) is 16.9. The van der Waals surface area contributed by atoms with E-state index >= 15 is 0 Å². The summed E-state index contributed by atoms with van der Waals surface area (Å²) in [5.41, 5.74) is 8.20. The summed E-state index contributed by atoms with van der Waals surface area (Å²) in [7, 11) is 0. The van der Waals surface area contributed by atoms with Crippen molar-refractivity contribution >= 4 is 44.9 Å². The number of anilines is 1. The van der Waals surface area contributed by atoms with Crippen molar-refractivity contribution in [2.75, 3.05) is 30.7 Å². The summed E-state index contributed by atoms with van der Waals surface area (Å²) in [5, 5.41) is 5.95. The quantitative estimate of drug-likeness (QED) is 0.168. The summed E-state index contributed by atoms with van der Waals surface area (Å²) in [6.07, 6.45) is 9.55. The van der Waals surface area contributed by atoms with Gasteiger partial charge >= 0.3 is 0 Å². The number of alkyl halides is 1. The highest BCUT2D eigenvalue weighted by atomic mass is 79.9. The van der Waals surface area contributed by atoms with Gasteiger partial charge in [-0.2, -0.15) is 5.10 Å². The van der Waals surface area contributed by atoms with Crippen molar-refractivity contribution in [1.82, 2.24) is 19.7 Å². The number of nitrogens with two attached hydrogens (primary N) is 1. The molecule has 6 nitrogen and oxygen atoms in total. The molecular weight excluding hydrogens is 556 g/mol. The Labute approximate surface area is 223 Å². The number of piperidine rings is 1. The van der Waals surface area contributed by atoms with Crippen molar-refractivity contribution in [3.05, 3.63) is 58.2 Å². The summed E-state index contributed by atoms with van der Waals surface area (Å²) in [6, 6.07) is 4.88. The Morgan fingerprint density at radius 1 is 1.20 bits per heavy atom. The molecule has 188 valence electrons. The van der Waals surface area contributed by atoms with Gasteiger partial charge in [0.2, 0.25) is 0 Å². The maximum Gasteiger partial charge on any atom is 0.166 e. The predicted octanol–water partition coefficient (Wildman–Crippen LogP) is 6.93. The monoisotopic (exact) mass is 583 g/mol. The van der Waals surface area contributed by atoms with E-state index in [-0.39, 0.29) is 10.8 Å². The average Bonchev–Trinajstić information content (AvgIpc) is 3.34. The number of pyridine rings is 1. The zero-order valence-electron chi connectivity index (χ0n) is 19.6. The van der Waals surface area contributed by atoms with Crippen LogP contribution in [-0.4, -0.2) is 44.6 Å². The molecule has 0 amide bonds. The van der Waals surface area contributed by atoms with Crippen LogP contribution in [0.2, 0.25) is 10.0 Å². The van der Waals surface area contributed by atoms with Crippen LogP contribution < -0.4 is 10.5 Å². The van der Waals surface area contributed by atoms with Crippen molar-refractivity contribution in [3.63, 3.8) is 0 Å². The van der Waals surface area contributed by atoms with Crippen LogP contribution in [-0.2, 0) is 0 Å². The van der Waals surface area contributed by atoms with E-state index in [1.807, 2.05) is 18.5 Å². The van der Waals surface area contributed by atoms with Gasteiger partial charge in [0.05, 0.1) is 17.3 Å². The Balaban J connectivity index is 1.45. The lowest BCUT2D eigenvalue weighted by atomic mass is 10.0. The molecule has 1 aliphatic rings. The van der Waals surface area contributed by atoms with Crippen LogP contribution in [0.5, 0.6) is 5.75 Å². The maximum atomic E-state index is 14.0. The van der Waals surface area contributed by atoms with Crippen molar-refractivity contribution in [2.45, 2.75) is 44.8 Å². The van der Waals surface area contributed by atoms with Crippen LogP contribution in [0.4, 0.5) is 10.2 Å². The molecule has 2 aromatic heterocycles. The van der Waals surface area contributed by atoms with Crippen LogP contribution >= 0.6 is 39.1 Å². The van der Waals surface area contributed by atoms with E-state index in [1.165, 1.54) is 25.0 Å². The van der Waals surface area contributed by atoms with Crippen LogP contribution in [0.25, 0.3) is 11.1 Å². The minimum absolute atomic E-state index is 0.0665. The number of halogens is 4. The summed E-state index contributed by atoms with van der Waals surface area (Å²) in [4.78, 5) is 6.83. The number of aromatic nitrogens is 3. The normalized spacial score (nSPS) is 15.9. The third-order valence-electron chi connectivity index (χ3n) is 6.40. The number of likely N-dealkylation sites (tertiary alicyclic amines) is 1. The summed E-state index contributed by atoms with van der Waals surface area (Å²) in [6.45, 7) is 5.08. The Morgan fingerprint density at radius 2 is 1.97 bits per heavy atom. The minimum Gasteiger partial charge on any atom is -0.482 e. The van der Waals surface area contributed by atoms with E-state index in [1.54, 1.807) is 13.1 Å². The SMILES string of the molecule is CC(Oc1cc(-c2cnn(C3CCN(CCCCBr)CC3)c2)cnc1N)c1c(Cl)ccc(F)c1Cl. The number of nitrogen functional groups attached to an aromatic ring is 1. The largest absolute Gasteiger partial charge is 0.482 e. The minimum atomic E-state index is -0.632. The van der Waals surface area contributed by atoms with Gasteiger partial charge in [-0.15, -0.1) is 0 Å². The van der Waals surface area contributed by atoms with Gasteiger partial charge in [-0.1, -0.05) is 39.1 Å². The number of rotatable bonds is 9. The predicted molar refractivity (Wildman–Crippen MR) is 143 cm³/mol. The van der Waals surface area contributed by atoms with Gasteiger partial charge in [0.25, 0.3) is 0 Å². The number of hydrogen-bond acceptors (Lipinski definition) is 5. The molecule has 0 radical (unpaired) electrons. The summed E-state index contributed by atoms with van der Waals surface area (Å²) < 4.78 is 22.1. The van der Waals surface area contributed by atoms with E-state index in [4.69, 9.17) is 33.7 Å². The second-order valence-electron chi connectivity index (χ2n) is 8.80. The Hall–Kier alpha value is -1.87. The molecule has 1 unspecified atom stereocenters. The van der Waals surface area contributed by atoms with Gasteiger partial charge in [0.15, 0.2) is 11.6 Å². The van der Waals surface area contributed by atoms with Gasteiger partial charge in [-0.3, -0.25) is 4.68 Å². The summed E-state index contributed by atoms with van der Waals surface area (Å²) >= 11 is 15.9. The number of ether oxygens (including phenoxy) is 1. The van der Waals surface area contributed by atoms with E-state index in [2.05, 4.69) is 35.6 Å². The smallest absolute Gasteiger partial charge is 0.166 e. The molecule has 1 saturated heterocycles. The number of nitrogens with zero attached hydrogens (tertiary/aromatic N) is 4. The van der Waals surface area contributed by atoms with Crippen molar-refractivity contribution in [3.8, 4) is 16.9 Å². The Morgan fingerprint density at radius 3 is 2.71 bits per heavy atom. The zero-order chi connectivity index (χ0) is 24.9. The first-order valence-electron chi connectivity index (χ1n) is 11.8. The van der Waals surface area contributed by atoms with E-state index in [0.717, 1.165) is 48.9 Å². The topological polar surface area (TPSA) is 69.2 Å². The number of unbranched alkanes of at least 4 members (excludes halogenated alkanes) is 1. The molecule has 1 aromatic carbocycles. The van der Waals surface area contributed by atoms with E-state index in [9.17, 15) is 4.39 Å². The molecule has 0 saturated carbocycles. The molecule has 10 heteroatoms. The zero-order valence-corrected chi connectivity index (χ0v) is 22.7. The van der Waals surface area contributed by atoms with E-state index in [0.29, 0.717) is 22.4 Å². The lowest BCUT2D eigenvalue weighted by Gasteiger charge is -2.32. The first-order valence-corrected chi connectivity index (χ1v) is 13.6. The molecule has 0 aliphatic carbocycles. The van der Waals surface area contributed by atoms with Crippen LogP contribution in [0, 0.1) is 5.82 Å². The van der Waals surface area contributed by atoms with Gasteiger partial charge in [-0.25, -0.2) is 9.37 Å². The standard InChI is InChI=1S/C25H29BrCl2FN5O/c1-16(23-20(27)4-5-21(29)24(23)28)35-22-12-17(13-31-25(22)30)18-14-32-34(15-18)19-6-10-33(11-7-19)9-3-2-8-26/h4-5,12-16,19H,2-3,6-11H2,1H3,(H2,30,31). The maximum absolute atomic E-state index is 14.0. The molecule has 1 aliphatic heterocycles. The highest BCUT2D eigenvalue weighted by Gasteiger charge is 2.22. The summed E-state index contributed by atoms with van der Waals surface area (Å²) in [5.74, 6) is 0.0402. The molecule has 4 rings (SSSR count). The molecule has 0 spiro atoms. The van der Waals surface area contributed by atoms with Crippen molar-refractivity contribution in [1.29, 1.82) is 0 Å². The third-order valence-corrected chi connectivity index (χ3v) is 7.67. The molecule has 35 heavy (non-hydrogen) atoms. The van der Waals surface area contributed by atoms with Crippen LogP contribution in [0.15, 0.2) is 36.8 Å². The molecule has 0 bridgehead atoms. The molecular formula is C25H29BrCl2FN5O. The van der Waals surface area contributed by atoms with Gasteiger partial charge in [0.1, 0.15) is 11.9 Å². The van der Waals surface area contributed by atoms with Crippen LogP contribution in [0.3, 0.4) is 0 Å². The lowest BCUT2D eigenvalue weighted by Crippen LogP contribution is -2.35. The highest BCUT2D eigenvalue weighted by Crippen LogP contribution is 2.37. The fraction of sp³-hybridized carbons (Fsp3) is 0.440. The highest BCUT2D eigenvalue weighted by molar-refractivity contribution is 9.09. The average molecular weight is 585 g/mol. The van der Waals surface area contributed by atoms with Crippen molar-refractivity contribution in [2.24, 2.45) is 0 Å². The molecule has 3 heterocycles. The number of hydrogen-bond donors (Lipinski definition) is 1. The second-order valence-corrected chi connectivity index (χ2v) is 10.4. The number of benzene rings is 1. The molecule has 1 atom stereocenters. The molecule has 1 fully saturated rings.